The maximum absolute atomic E-state index is 11.2. The van der Waals surface area contributed by atoms with Crippen LogP contribution in [0.4, 0.5) is 0 Å². The van der Waals surface area contributed by atoms with E-state index in [-0.39, 0.29) is 23.7 Å². The Labute approximate surface area is 79.9 Å². The molecule has 0 aliphatic heterocycles. The van der Waals surface area contributed by atoms with E-state index >= 15 is 0 Å². The summed E-state index contributed by atoms with van der Waals surface area (Å²) in [7, 11) is 0. The van der Waals surface area contributed by atoms with Gasteiger partial charge in [0.25, 0.3) is 0 Å². The summed E-state index contributed by atoms with van der Waals surface area (Å²) < 4.78 is 0. The average Bonchev–Trinajstić information content (AvgIpc) is 2.75. The number of carboxylic acids is 2. The fourth-order valence-electron chi connectivity index (χ4n) is 5.54. The SMILES string of the molecule is CC1C2C3C4C1C4(C(=O)O)C23C(=O)O. The first-order valence-electron chi connectivity index (χ1n) is 5.00. The molecule has 0 saturated heterocycles. The molecule has 5 aliphatic rings. The summed E-state index contributed by atoms with van der Waals surface area (Å²) >= 11 is 0. The highest BCUT2D eigenvalue weighted by atomic mass is 16.4. The molecule has 5 rings (SSSR count). The molecule has 5 saturated carbocycles. The molecule has 6 unspecified atom stereocenters. The van der Waals surface area contributed by atoms with E-state index in [2.05, 4.69) is 0 Å². The Morgan fingerprint density at radius 1 is 0.929 bits per heavy atom. The van der Waals surface area contributed by atoms with Crippen LogP contribution in [-0.2, 0) is 9.59 Å². The van der Waals surface area contributed by atoms with Crippen molar-refractivity contribution in [3.8, 4) is 0 Å². The van der Waals surface area contributed by atoms with Crippen LogP contribution >= 0.6 is 0 Å². The lowest BCUT2D eigenvalue weighted by Gasteiger charge is -2.28. The Morgan fingerprint density at radius 3 is 1.50 bits per heavy atom. The Kier molecular flexibility index (Phi) is 0.726. The molecule has 74 valence electrons. The number of hydrogen-bond donors (Lipinski definition) is 2. The fraction of sp³-hybridized carbons (Fsp3) is 0.800. The minimum atomic E-state index is -0.863. The van der Waals surface area contributed by atoms with Gasteiger partial charge in [0.2, 0.25) is 0 Å². The largest absolute Gasteiger partial charge is 0.481 e. The standard InChI is InChI=1S/C10H10O4/c1-2-3-5-6-4(2)10(6,8(13)14)9(3,5)7(11)12/h2-6H,1H3,(H,11,12)(H,13,14). The fourth-order valence-corrected chi connectivity index (χ4v) is 5.54. The van der Waals surface area contributed by atoms with Crippen LogP contribution in [0.5, 0.6) is 0 Å². The van der Waals surface area contributed by atoms with Gasteiger partial charge in [0.15, 0.2) is 0 Å². The van der Waals surface area contributed by atoms with Crippen LogP contribution in [0.25, 0.3) is 0 Å². The van der Waals surface area contributed by atoms with Crippen molar-refractivity contribution in [1.82, 2.24) is 0 Å². The molecule has 14 heavy (non-hydrogen) atoms. The average molecular weight is 194 g/mol. The molecule has 0 aromatic heterocycles. The first-order chi connectivity index (χ1) is 6.54. The van der Waals surface area contributed by atoms with Crippen molar-refractivity contribution in [2.24, 2.45) is 40.4 Å². The number of carboxylic acid groups (broad SMARTS) is 2. The zero-order chi connectivity index (χ0) is 10.0. The van der Waals surface area contributed by atoms with E-state index in [1.807, 2.05) is 6.92 Å². The highest BCUT2D eigenvalue weighted by molar-refractivity contribution is 6.00. The predicted octanol–water partition coefficient (Wildman–Crippen LogP) is 0.284. The molecule has 6 atom stereocenters. The molecule has 0 amide bonds. The zero-order valence-electron chi connectivity index (χ0n) is 7.60. The lowest BCUT2D eigenvalue weighted by Crippen LogP contribution is -2.43. The number of carbonyl (C=O) groups is 2. The molecule has 4 heteroatoms. The highest BCUT2D eigenvalue weighted by Gasteiger charge is 3.11. The first kappa shape index (κ1) is 7.26. The number of rotatable bonds is 2. The molecule has 5 aliphatic carbocycles. The maximum atomic E-state index is 11.2. The summed E-state index contributed by atoms with van der Waals surface area (Å²) in [6, 6.07) is 0. The van der Waals surface area contributed by atoms with E-state index in [1.54, 1.807) is 0 Å². The molecular formula is C10H10O4. The third kappa shape index (κ3) is 0.301. The molecule has 5 fully saturated rings. The summed E-state index contributed by atoms with van der Waals surface area (Å²) in [5, 5.41) is 18.4. The second-order valence-corrected chi connectivity index (χ2v) is 5.31. The normalized spacial score (nSPS) is 69.4. The molecule has 0 radical (unpaired) electrons. The van der Waals surface area contributed by atoms with Crippen molar-refractivity contribution in [1.29, 1.82) is 0 Å². The Bertz CT molecular complexity index is 378. The van der Waals surface area contributed by atoms with Crippen molar-refractivity contribution < 1.29 is 19.8 Å². The second-order valence-electron chi connectivity index (χ2n) is 5.31. The van der Waals surface area contributed by atoms with E-state index in [4.69, 9.17) is 0 Å². The van der Waals surface area contributed by atoms with E-state index < -0.39 is 22.8 Å². The number of hydrogen-bond acceptors (Lipinski definition) is 2. The Balaban J connectivity index is 1.93. The minimum absolute atomic E-state index is 0.172. The van der Waals surface area contributed by atoms with Gasteiger partial charge in [0, 0.05) is 0 Å². The molecule has 0 aromatic carbocycles. The van der Waals surface area contributed by atoms with E-state index in [0.717, 1.165) is 0 Å². The lowest BCUT2D eigenvalue weighted by atomic mass is 9.72. The van der Waals surface area contributed by atoms with Gasteiger partial charge < -0.3 is 10.2 Å². The highest BCUT2D eigenvalue weighted by Crippen LogP contribution is 3.06. The maximum Gasteiger partial charge on any atom is 0.311 e. The van der Waals surface area contributed by atoms with Crippen LogP contribution in [0.2, 0.25) is 0 Å². The quantitative estimate of drug-likeness (QED) is 0.662. The summed E-state index contributed by atoms with van der Waals surface area (Å²) in [5.74, 6) is -0.655. The Hall–Kier alpha value is -1.06. The topological polar surface area (TPSA) is 74.6 Å². The van der Waals surface area contributed by atoms with Crippen LogP contribution in [0.15, 0.2) is 0 Å². The van der Waals surface area contributed by atoms with E-state index in [9.17, 15) is 19.8 Å². The van der Waals surface area contributed by atoms with Crippen LogP contribution in [0, 0.1) is 40.4 Å². The van der Waals surface area contributed by atoms with Gasteiger partial charge >= 0.3 is 11.9 Å². The van der Waals surface area contributed by atoms with E-state index in [0.29, 0.717) is 5.92 Å². The second kappa shape index (κ2) is 1.40. The molecule has 2 bridgehead atoms. The third-order valence-corrected chi connectivity index (χ3v) is 5.57. The molecule has 2 N–H and O–H groups in total. The van der Waals surface area contributed by atoms with Gasteiger partial charge in [-0.2, -0.15) is 0 Å². The summed E-state index contributed by atoms with van der Waals surface area (Å²) in [5.41, 5.74) is -1.68. The first-order valence-corrected chi connectivity index (χ1v) is 5.00. The smallest absolute Gasteiger partial charge is 0.311 e. The predicted molar refractivity (Wildman–Crippen MR) is 43.3 cm³/mol. The van der Waals surface area contributed by atoms with Gasteiger partial charge in [0.05, 0.1) is 10.8 Å². The van der Waals surface area contributed by atoms with Crippen molar-refractivity contribution in [2.45, 2.75) is 6.92 Å². The molecule has 0 aromatic rings. The molecule has 0 spiro atoms. The van der Waals surface area contributed by atoms with Gasteiger partial charge in [-0.15, -0.1) is 0 Å². The van der Waals surface area contributed by atoms with Crippen molar-refractivity contribution >= 4 is 11.9 Å². The molecular weight excluding hydrogens is 184 g/mol. The summed E-state index contributed by atoms with van der Waals surface area (Å²) in [6.45, 7) is 2.02. The minimum Gasteiger partial charge on any atom is -0.481 e. The van der Waals surface area contributed by atoms with E-state index in [1.165, 1.54) is 0 Å². The van der Waals surface area contributed by atoms with Gasteiger partial charge in [-0.05, 0) is 29.6 Å². The van der Waals surface area contributed by atoms with Gasteiger partial charge in [-0.3, -0.25) is 9.59 Å². The lowest BCUT2D eigenvalue weighted by molar-refractivity contribution is -0.164. The summed E-state index contributed by atoms with van der Waals surface area (Å²) in [6.07, 6.45) is 0. The van der Waals surface area contributed by atoms with Crippen LogP contribution < -0.4 is 0 Å². The van der Waals surface area contributed by atoms with Crippen molar-refractivity contribution in [3.05, 3.63) is 0 Å². The molecule has 0 heterocycles. The monoisotopic (exact) mass is 194 g/mol. The molecule has 4 nitrogen and oxygen atoms in total. The van der Waals surface area contributed by atoms with Gasteiger partial charge in [0.1, 0.15) is 0 Å². The van der Waals surface area contributed by atoms with Crippen LogP contribution in [0.3, 0.4) is 0 Å². The van der Waals surface area contributed by atoms with Gasteiger partial charge in [-0.1, -0.05) is 6.92 Å². The van der Waals surface area contributed by atoms with Crippen molar-refractivity contribution in [3.63, 3.8) is 0 Å². The third-order valence-electron chi connectivity index (χ3n) is 5.57. The van der Waals surface area contributed by atoms with Gasteiger partial charge in [-0.25, -0.2) is 0 Å². The van der Waals surface area contributed by atoms with Crippen LogP contribution in [0.1, 0.15) is 6.92 Å². The van der Waals surface area contributed by atoms with Crippen LogP contribution in [-0.4, -0.2) is 22.2 Å². The number of aliphatic carboxylic acids is 2. The van der Waals surface area contributed by atoms with Crippen molar-refractivity contribution in [2.75, 3.05) is 0 Å². The summed E-state index contributed by atoms with van der Waals surface area (Å²) in [4.78, 5) is 22.4. The zero-order valence-corrected chi connectivity index (χ0v) is 7.60. The Morgan fingerprint density at radius 2 is 1.29 bits per heavy atom.